The largest absolute Gasteiger partial charge is 0.337 e. The van der Waals surface area contributed by atoms with Crippen LogP contribution in [0.5, 0.6) is 0 Å². The summed E-state index contributed by atoms with van der Waals surface area (Å²) in [5.41, 5.74) is 2.21. The van der Waals surface area contributed by atoms with E-state index >= 15 is 0 Å². The number of hydrogen-bond donors (Lipinski definition) is 1. The number of aromatic nitrogens is 1. The summed E-state index contributed by atoms with van der Waals surface area (Å²) in [7, 11) is 1.85. The lowest BCUT2D eigenvalue weighted by molar-refractivity contribution is -0.127. The quantitative estimate of drug-likeness (QED) is 0.943. The van der Waals surface area contributed by atoms with Gasteiger partial charge < -0.3 is 10.2 Å². The number of pyridine rings is 1. The smallest absolute Gasteiger partial charge is 0.224 e. The zero-order valence-electron chi connectivity index (χ0n) is 12.4. The van der Waals surface area contributed by atoms with Crippen LogP contribution in [0.1, 0.15) is 23.6 Å². The van der Waals surface area contributed by atoms with Gasteiger partial charge >= 0.3 is 0 Å². The summed E-state index contributed by atoms with van der Waals surface area (Å²) in [6.07, 6.45) is 4.10. The first kappa shape index (κ1) is 15.0. The van der Waals surface area contributed by atoms with Gasteiger partial charge in [-0.2, -0.15) is 0 Å². The van der Waals surface area contributed by atoms with Gasteiger partial charge in [-0.25, -0.2) is 0 Å². The summed E-state index contributed by atoms with van der Waals surface area (Å²) in [6.45, 7) is 0.698. The highest BCUT2D eigenvalue weighted by atomic mass is 35.5. The molecule has 1 fully saturated rings. The van der Waals surface area contributed by atoms with Crippen LogP contribution < -0.4 is 5.32 Å². The van der Waals surface area contributed by atoms with E-state index < -0.39 is 0 Å². The first-order valence-electron chi connectivity index (χ1n) is 7.28. The van der Waals surface area contributed by atoms with Crippen molar-refractivity contribution < 1.29 is 4.79 Å². The van der Waals surface area contributed by atoms with E-state index in [1.807, 2.05) is 54.5 Å². The van der Waals surface area contributed by atoms with E-state index in [2.05, 4.69) is 10.3 Å². The van der Waals surface area contributed by atoms with Gasteiger partial charge in [-0.05, 0) is 29.3 Å². The molecule has 0 spiro atoms. The van der Waals surface area contributed by atoms with Crippen molar-refractivity contribution in [3.8, 4) is 0 Å². The van der Waals surface area contributed by atoms with Crippen LogP contribution >= 0.6 is 11.6 Å². The van der Waals surface area contributed by atoms with Crippen molar-refractivity contribution in [3.63, 3.8) is 0 Å². The third kappa shape index (κ3) is 3.13. The van der Waals surface area contributed by atoms with Gasteiger partial charge in [-0.3, -0.25) is 9.78 Å². The molecular formula is C17H18ClN3O. The topological polar surface area (TPSA) is 45.2 Å². The number of amides is 1. The monoisotopic (exact) mass is 315 g/mol. The van der Waals surface area contributed by atoms with E-state index in [0.717, 1.165) is 11.1 Å². The SMILES string of the molecule is CN1C(=O)C[C@H](NCc2cccnc2)[C@@H]1c1ccc(Cl)cc1. The van der Waals surface area contributed by atoms with Crippen LogP contribution in [-0.4, -0.2) is 28.9 Å². The van der Waals surface area contributed by atoms with Gasteiger partial charge in [0.2, 0.25) is 5.91 Å². The number of benzene rings is 1. The maximum Gasteiger partial charge on any atom is 0.224 e. The maximum absolute atomic E-state index is 12.1. The molecule has 0 saturated carbocycles. The summed E-state index contributed by atoms with van der Waals surface area (Å²) < 4.78 is 0. The fourth-order valence-electron chi connectivity index (χ4n) is 2.92. The van der Waals surface area contributed by atoms with Gasteiger partial charge in [-0.1, -0.05) is 29.8 Å². The van der Waals surface area contributed by atoms with Crippen molar-refractivity contribution in [3.05, 3.63) is 64.9 Å². The molecule has 1 aliphatic rings. The van der Waals surface area contributed by atoms with Crippen molar-refractivity contribution in [2.24, 2.45) is 0 Å². The van der Waals surface area contributed by atoms with Crippen LogP contribution in [0.2, 0.25) is 5.02 Å². The maximum atomic E-state index is 12.1. The molecule has 0 bridgehead atoms. The average Bonchev–Trinajstić information content (AvgIpc) is 2.82. The van der Waals surface area contributed by atoms with Crippen LogP contribution in [-0.2, 0) is 11.3 Å². The Balaban J connectivity index is 1.76. The molecule has 2 atom stereocenters. The Morgan fingerprint density at radius 3 is 2.77 bits per heavy atom. The zero-order valence-corrected chi connectivity index (χ0v) is 13.1. The molecule has 2 heterocycles. The second-order valence-corrected chi connectivity index (χ2v) is 5.99. The Morgan fingerprint density at radius 2 is 2.09 bits per heavy atom. The highest BCUT2D eigenvalue weighted by Crippen LogP contribution is 2.32. The molecular weight excluding hydrogens is 298 g/mol. The Bertz CT molecular complexity index is 645. The third-order valence-electron chi connectivity index (χ3n) is 4.09. The average molecular weight is 316 g/mol. The summed E-state index contributed by atoms with van der Waals surface area (Å²) in [5, 5.41) is 4.19. The number of likely N-dealkylation sites (N-methyl/N-ethyl adjacent to an activating group) is 1. The minimum atomic E-state index is 0.0291. The van der Waals surface area contributed by atoms with Crippen LogP contribution in [0.15, 0.2) is 48.8 Å². The van der Waals surface area contributed by atoms with Crippen molar-refractivity contribution in [2.45, 2.75) is 25.0 Å². The van der Waals surface area contributed by atoms with Crippen molar-refractivity contribution >= 4 is 17.5 Å². The van der Waals surface area contributed by atoms with Crippen molar-refractivity contribution in [2.75, 3.05) is 7.05 Å². The summed E-state index contributed by atoms with van der Waals surface area (Å²) in [6, 6.07) is 11.8. The predicted octanol–water partition coefficient (Wildman–Crippen LogP) is 2.80. The fraction of sp³-hybridized carbons (Fsp3) is 0.294. The number of nitrogens with zero attached hydrogens (tertiary/aromatic N) is 2. The standard InChI is InChI=1S/C17H18ClN3O/c1-21-16(22)9-15(20-11-12-3-2-8-19-10-12)17(21)13-4-6-14(18)7-5-13/h2-8,10,15,17,20H,9,11H2,1H3/t15-,17-/m0/s1. The van der Waals surface area contributed by atoms with E-state index in [1.54, 1.807) is 6.20 Å². The molecule has 5 heteroatoms. The zero-order chi connectivity index (χ0) is 15.5. The molecule has 0 unspecified atom stereocenters. The number of hydrogen-bond acceptors (Lipinski definition) is 3. The summed E-state index contributed by atoms with van der Waals surface area (Å²) in [4.78, 5) is 18.0. The van der Waals surface area contributed by atoms with Crippen LogP contribution in [0, 0.1) is 0 Å². The van der Waals surface area contributed by atoms with Crippen LogP contribution in [0.3, 0.4) is 0 Å². The lowest BCUT2D eigenvalue weighted by Crippen LogP contribution is -2.34. The van der Waals surface area contributed by atoms with Gasteiger partial charge in [0.15, 0.2) is 0 Å². The molecule has 0 aliphatic carbocycles. The van der Waals surface area contributed by atoms with Gasteiger partial charge in [0.05, 0.1) is 6.04 Å². The highest BCUT2D eigenvalue weighted by molar-refractivity contribution is 6.30. The Labute approximate surface area is 135 Å². The van der Waals surface area contributed by atoms with E-state index in [0.29, 0.717) is 18.0 Å². The Morgan fingerprint density at radius 1 is 1.32 bits per heavy atom. The van der Waals surface area contributed by atoms with Crippen LogP contribution in [0.4, 0.5) is 0 Å². The number of carbonyl (C=O) groups is 1. The van der Waals surface area contributed by atoms with Crippen molar-refractivity contribution in [1.29, 1.82) is 0 Å². The lowest BCUT2D eigenvalue weighted by atomic mass is 10.00. The molecule has 2 aromatic rings. The molecule has 4 nitrogen and oxygen atoms in total. The van der Waals surface area contributed by atoms with Crippen LogP contribution in [0.25, 0.3) is 0 Å². The second-order valence-electron chi connectivity index (χ2n) is 5.55. The first-order valence-corrected chi connectivity index (χ1v) is 7.66. The molecule has 114 valence electrons. The first-order chi connectivity index (χ1) is 10.6. The Hall–Kier alpha value is -1.91. The van der Waals surface area contributed by atoms with Gasteiger partial charge in [0, 0.05) is 43.5 Å². The summed E-state index contributed by atoms with van der Waals surface area (Å²) in [5.74, 6) is 0.156. The highest BCUT2D eigenvalue weighted by Gasteiger charge is 2.38. The number of carbonyl (C=O) groups excluding carboxylic acids is 1. The number of likely N-dealkylation sites (tertiary alicyclic amines) is 1. The van der Waals surface area contributed by atoms with E-state index in [1.165, 1.54) is 0 Å². The van der Waals surface area contributed by atoms with E-state index in [-0.39, 0.29) is 18.0 Å². The minimum Gasteiger partial charge on any atom is -0.337 e. The van der Waals surface area contributed by atoms with Gasteiger partial charge in [0.1, 0.15) is 0 Å². The number of nitrogens with one attached hydrogen (secondary N) is 1. The van der Waals surface area contributed by atoms with Crippen molar-refractivity contribution in [1.82, 2.24) is 15.2 Å². The Kier molecular flexibility index (Phi) is 4.41. The second kappa shape index (κ2) is 6.46. The molecule has 1 saturated heterocycles. The molecule has 22 heavy (non-hydrogen) atoms. The number of halogens is 1. The molecule has 1 N–H and O–H groups in total. The molecule has 3 rings (SSSR count). The normalized spacial score (nSPS) is 21.4. The minimum absolute atomic E-state index is 0.0291. The molecule has 1 amide bonds. The fourth-order valence-corrected chi connectivity index (χ4v) is 3.05. The summed E-state index contributed by atoms with van der Waals surface area (Å²) >= 11 is 5.96. The number of rotatable bonds is 4. The van der Waals surface area contributed by atoms with E-state index in [9.17, 15) is 4.79 Å². The third-order valence-corrected chi connectivity index (χ3v) is 4.34. The molecule has 1 aromatic heterocycles. The van der Waals surface area contributed by atoms with E-state index in [4.69, 9.17) is 11.6 Å². The lowest BCUT2D eigenvalue weighted by Gasteiger charge is -2.26. The van der Waals surface area contributed by atoms with Gasteiger partial charge in [-0.15, -0.1) is 0 Å². The molecule has 0 radical (unpaired) electrons. The molecule has 1 aliphatic heterocycles. The predicted molar refractivity (Wildman–Crippen MR) is 86.4 cm³/mol. The molecule has 1 aromatic carbocycles. The van der Waals surface area contributed by atoms with Gasteiger partial charge in [0.25, 0.3) is 0 Å².